The monoisotopic (exact) mass is 591 g/mol. The number of carbonyl (C=O) groups excluding carboxylic acids is 1. The van der Waals surface area contributed by atoms with Gasteiger partial charge in [0.2, 0.25) is 5.95 Å². The molecule has 3 aliphatic rings. The second-order valence-electron chi connectivity index (χ2n) is 12.5. The predicted molar refractivity (Wildman–Crippen MR) is 151 cm³/mol. The van der Waals surface area contributed by atoms with E-state index in [1.54, 1.807) is 11.0 Å². The fourth-order valence-corrected chi connectivity index (χ4v) is 5.22. The normalized spacial score (nSPS) is 21.9. The van der Waals surface area contributed by atoms with Gasteiger partial charge in [0.05, 0.1) is 11.3 Å². The van der Waals surface area contributed by atoms with Gasteiger partial charge in [-0.3, -0.25) is 9.69 Å². The van der Waals surface area contributed by atoms with Gasteiger partial charge >= 0.3 is 0 Å². The summed E-state index contributed by atoms with van der Waals surface area (Å²) in [4.78, 5) is 25.2. The summed E-state index contributed by atoms with van der Waals surface area (Å²) in [5, 5.41) is 3.03. The molecule has 230 valence electrons. The molecule has 2 aliphatic heterocycles. The van der Waals surface area contributed by atoms with E-state index in [2.05, 4.69) is 34.0 Å². The van der Waals surface area contributed by atoms with Crippen molar-refractivity contribution in [1.82, 2.24) is 19.8 Å². The molecular formula is C30H40F3N5O4. The summed E-state index contributed by atoms with van der Waals surface area (Å²) in [5.41, 5.74) is 0.347. The van der Waals surface area contributed by atoms with E-state index in [1.807, 2.05) is 20.8 Å². The third-order valence-electron chi connectivity index (χ3n) is 7.53. The number of halogens is 3. The van der Waals surface area contributed by atoms with Gasteiger partial charge in [0, 0.05) is 50.3 Å². The van der Waals surface area contributed by atoms with Gasteiger partial charge in [0.15, 0.2) is 30.7 Å². The maximum atomic E-state index is 15.1. The van der Waals surface area contributed by atoms with Crippen molar-refractivity contribution in [2.24, 2.45) is 5.92 Å². The number of ether oxygens (including phenoxy) is 3. The number of amides is 1. The SMILES string of the molecule is CC(C)CCNc1nc(-c2ccc(OCC(=O)N3CCN(C4OC4OC(C)(C)C)CC3)c(F)c2)c2c(n1)C(F)(F)CC2. The Bertz CT molecular complexity index is 1290. The van der Waals surface area contributed by atoms with E-state index in [9.17, 15) is 13.6 Å². The minimum absolute atomic E-state index is 0.0920. The van der Waals surface area contributed by atoms with Crippen LogP contribution in [0.4, 0.5) is 19.1 Å². The van der Waals surface area contributed by atoms with E-state index in [0.717, 1.165) is 6.42 Å². The molecule has 1 amide bonds. The molecule has 1 aromatic heterocycles. The summed E-state index contributed by atoms with van der Waals surface area (Å²) >= 11 is 0. The van der Waals surface area contributed by atoms with Crippen LogP contribution in [0.3, 0.4) is 0 Å². The van der Waals surface area contributed by atoms with Crippen LogP contribution in [0.1, 0.15) is 58.7 Å². The maximum Gasteiger partial charge on any atom is 0.290 e. The van der Waals surface area contributed by atoms with Crippen LogP contribution in [0, 0.1) is 11.7 Å². The van der Waals surface area contributed by atoms with E-state index in [4.69, 9.17) is 14.2 Å². The number of nitrogens with one attached hydrogen (secondary N) is 1. The Hall–Kier alpha value is -2.96. The molecule has 1 aromatic carbocycles. The molecule has 0 spiro atoms. The highest BCUT2D eigenvalue weighted by atomic mass is 19.3. The largest absolute Gasteiger partial charge is 0.481 e. The van der Waals surface area contributed by atoms with Gasteiger partial charge in [-0.2, -0.15) is 8.78 Å². The van der Waals surface area contributed by atoms with Crippen molar-refractivity contribution in [3.8, 4) is 17.0 Å². The topological polar surface area (TPSA) is 92.4 Å². The molecule has 2 atom stereocenters. The zero-order chi connectivity index (χ0) is 30.2. The fourth-order valence-electron chi connectivity index (χ4n) is 5.22. The first-order valence-electron chi connectivity index (χ1n) is 14.6. The lowest BCUT2D eigenvalue weighted by atomic mass is 10.0. The average molecular weight is 592 g/mol. The van der Waals surface area contributed by atoms with Crippen LogP contribution >= 0.6 is 0 Å². The molecule has 5 rings (SSSR count). The van der Waals surface area contributed by atoms with Gasteiger partial charge < -0.3 is 24.4 Å². The van der Waals surface area contributed by atoms with Crippen LogP contribution in [-0.2, 0) is 26.6 Å². The lowest BCUT2D eigenvalue weighted by molar-refractivity contribution is -0.135. The van der Waals surface area contributed by atoms with Gasteiger partial charge in [0.25, 0.3) is 11.8 Å². The van der Waals surface area contributed by atoms with Crippen LogP contribution in [-0.4, -0.2) is 83.1 Å². The Kier molecular flexibility index (Phi) is 8.69. The number of hydrogen-bond donors (Lipinski definition) is 1. The highest BCUT2D eigenvalue weighted by Gasteiger charge is 2.48. The first-order valence-corrected chi connectivity index (χ1v) is 14.6. The summed E-state index contributed by atoms with van der Waals surface area (Å²) in [6, 6.07) is 4.19. The van der Waals surface area contributed by atoms with Crippen molar-refractivity contribution >= 4 is 11.9 Å². The minimum Gasteiger partial charge on any atom is -0.481 e. The van der Waals surface area contributed by atoms with E-state index in [0.29, 0.717) is 49.8 Å². The molecule has 1 N–H and O–H groups in total. The molecule has 42 heavy (non-hydrogen) atoms. The molecule has 2 aromatic rings. The highest BCUT2D eigenvalue weighted by molar-refractivity contribution is 5.78. The van der Waals surface area contributed by atoms with Crippen LogP contribution in [0.25, 0.3) is 11.3 Å². The summed E-state index contributed by atoms with van der Waals surface area (Å²) in [6.45, 7) is 12.6. The molecule has 2 fully saturated rings. The first kappa shape index (κ1) is 30.5. The van der Waals surface area contributed by atoms with Crippen LogP contribution in [0.2, 0.25) is 0 Å². The number of alkyl halides is 2. The molecule has 1 aliphatic carbocycles. The van der Waals surface area contributed by atoms with Gasteiger partial charge in [0.1, 0.15) is 5.69 Å². The number of carbonyl (C=O) groups is 1. The third kappa shape index (κ3) is 7.15. The smallest absolute Gasteiger partial charge is 0.290 e. The molecule has 9 nitrogen and oxygen atoms in total. The van der Waals surface area contributed by atoms with Gasteiger partial charge in [-0.1, -0.05) is 13.8 Å². The molecule has 3 heterocycles. The minimum atomic E-state index is -3.07. The number of piperazine rings is 1. The van der Waals surface area contributed by atoms with Crippen molar-refractivity contribution in [2.75, 3.05) is 44.6 Å². The molecule has 0 saturated carbocycles. The van der Waals surface area contributed by atoms with Crippen molar-refractivity contribution in [1.29, 1.82) is 0 Å². The Morgan fingerprint density at radius 1 is 1.19 bits per heavy atom. The molecular weight excluding hydrogens is 551 g/mol. The predicted octanol–water partition coefficient (Wildman–Crippen LogP) is 4.80. The Balaban J connectivity index is 1.19. The van der Waals surface area contributed by atoms with E-state index in [1.165, 1.54) is 12.1 Å². The van der Waals surface area contributed by atoms with Gasteiger partial charge in [-0.25, -0.2) is 14.4 Å². The number of aromatic nitrogens is 2. The maximum absolute atomic E-state index is 15.1. The number of anilines is 1. The van der Waals surface area contributed by atoms with Crippen molar-refractivity contribution < 1.29 is 32.2 Å². The molecule has 12 heteroatoms. The molecule has 0 radical (unpaired) electrons. The van der Waals surface area contributed by atoms with Gasteiger partial charge in [-0.15, -0.1) is 0 Å². The van der Waals surface area contributed by atoms with Crippen molar-refractivity contribution in [3.63, 3.8) is 0 Å². The molecule has 2 unspecified atom stereocenters. The second-order valence-corrected chi connectivity index (χ2v) is 12.5. The lowest BCUT2D eigenvalue weighted by Crippen LogP contribution is -2.51. The Labute approximate surface area is 244 Å². The van der Waals surface area contributed by atoms with Crippen LogP contribution in [0.15, 0.2) is 18.2 Å². The number of hydrogen-bond acceptors (Lipinski definition) is 8. The number of nitrogens with zero attached hydrogens (tertiary/aromatic N) is 4. The number of rotatable bonds is 10. The first-order chi connectivity index (χ1) is 19.8. The Morgan fingerprint density at radius 2 is 1.93 bits per heavy atom. The fraction of sp³-hybridized carbons (Fsp3) is 0.633. The number of epoxide rings is 1. The van der Waals surface area contributed by atoms with Crippen molar-refractivity contribution in [3.05, 3.63) is 35.3 Å². The van der Waals surface area contributed by atoms with Crippen molar-refractivity contribution in [2.45, 2.75) is 77.9 Å². The number of benzene rings is 1. The average Bonchev–Trinajstić information content (AvgIpc) is 3.60. The van der Waals surface area contributed by atoms with E-state index >= 15 is 4.39 Å². The van der Waals surface area contributed by atoms with Crippen LogP contribution in [0.5, 0.6) is 5.75 Å². The summed E-state index contributed by atoms with van der Waals surface area (Å²) in [6.07, 6.45) is 0.207. The summed E-state index contributed by atoms with van der Waals surface area (Å²) in [5.74, 6) is -3.58. The van der Waals surface area contributed by atoms with Crippen LogP contribution < -0.4 is 10.1 Å². The third-order valence-corrected chi connectivity index (χ3v) is 7.53. The standard InChI is InChI=1S/C30H40F3N5O4/c1-18(2)9-11-34-28-35-24(20-8-10-30(32,33)25(20)36-28)19-6-7-22(21(31)16-19)40-17-23(39)37-12-14-38(15-13-37)26-27(41-26)42-29(3,4)5/h6-7,16,18,26-27H,8-15,17H2,1-5H3,(H,34,35,36). The number of fused-ring (bicyclic) bond motifs is 1. The quantitative estimate of drug-likeness (QED) is 0.394. The zero-order valence-electron chi connectivity index (χ0n) is 24.9. The summed E-state index contributed by atoms with van der Waals surface area (Å²) < 4.78 is 61.4. The lowest BCUT2D eigenvalue weighted by Gasteiger charge is -2.34. The highest BCUT2D eigenvalue weighted by Crippen LogP contribution is 2.44. The molecule has 0 bridgehead atoms. The second kappa shape index (κ2) is 12.0. The summed E-state index contributed by atoms with van der Waals surface area (Å²) in [7, 11) is 0. The molecule has 2 saturated heterocycles. The van der Waals surface area contributed by atoms with E-state index in [-0.39, 0.29) is 66.6 Å². The van der Waals surface area contributed by atoms with Gasteiger partial charge in [-0.05, 0) is 57.7 Å². The Morgan fingerprint density at radius 3 is 2.60 bits per heavy atom. The zero-order valence-corrected chi connectivity index (χ0v) is 24.9. The van der Waals surface area contributed by atoms with E-state index < -0.39 is 11.7 Å².